The van der Waals surface area contributed by atoms with Crippen molar-refractivity contribution in [1.29, 1.82) is 0 Å². The molecule has 6 nitrogen and oxygen atoms in total. The van der Waals surface area contributed by atoms with Crippen LogP contribution in [-0.4, -0.2) is 68.1 Å². The van der Waals surface area contributed by atoms with Gasteiger partial charge in [0, 0.05) is 44.4 Å². The van der Waals surface area contributed by atoms with Gasteiger partial charge in [0.25, 0.3) is 0 Å². The highest BCUT2D eigenvalue weighted by molar-refractivity contribution is 5.51. The number of likely N-dealkylation sites (N-methyl/N-ethyl adjacent to an activating group) is 1. The summed E-state index contributed by atoms with van der Waals surface area (Å²) in [7, 11) is 2.15. The Labute approximate surface area is 124 Å². The highest BCUT2D eigenvalue weighted by atomic mass is 16.7. The van der Waals surface area contributed by atoms with E-state index in [9.17, 15) is 5.11 Å². The smallest absolute Gasteiger partial charge is 0.231 e. The molecular weight excluding hydrogens is 272 g/mol. The largest absolute Gasteiger partial charge is 0.492 e. The summed E-state index contributed by atoms with van der Waals surface area (Å²) >= 11 is 0. The van der Waals surface area contributed by atoms with Crippen LogP contribution in [0.25, 0.3) is 0 Å². The monoisotopic (exact) mass is 294 g/mol. The van der Waals surface area contributed by atoms with Crippen LogP contribution in [0.15, 0.2) is 12.1 Å². The number of fused-ring (bicyclic) bond motifs is 1. The second-order valence-corrected chi connectivity index (χ2v) is 5.46. The third-order valence-corrected chi connectivity index (χ3v) is 3.99. The van der Waals surface area contributed by atoms with Gasteiger partial charge in [0.15, 0.2) is 11.5 Å². The summed E-state index contributed by atoms with van der Waals surface area (Å²) in [5, 5.41) is 9.43. The van der Waals surface area contributed by atoms with Crippen molar-refractivity contribution in [3.63, 3.8) is 0 Å². The second kappa shape index (κ2) is 6.51. The van der Waals surface area contributed by atoms with Crippen LogP contribution in [0.3, 0.4) is 0 Å². The quantitative estimate of drug-likeness (QED) is 0.855. The van der Waals surface area contributed by atoms with Crippen LogP contribution in [0.4, 0.5) is 0 Å². The molecule has 6 heteroatoms. The number of aliphatic hydroxyl groups excluding tert-OH is 1. The molecule has 1 fully saturated rings. The third kappa shape index (κ3) is 3.40. The fourth-order valence-corrected chi connectivity index (χ4v) is 2.58. The third-order valence-electron chi connectivity index (χ3n) is 3.99. The average Bonchev–Trinajstić information content (AvgIpc) is 2.95. The molecule has 0 aromatic heterocycles. The summed E-state index contributed by atoms with van der Waals surface area (Å²) < 4.78 is 16.5. The molecule has 1 saturated heterocycles. The van der Waals surface area contributed by atoms with Crippen LogP contribution >= 0.6 is 0 Å². The van der Waals surface area contributed by atoms with E-state index in [1.54, 1.807) is 12.1 Å². The zero-order chi connectivity index (χ0) is 14.7. The Kier molecular flexibility index (Phi) is 4.48. The van der Waals surface area contributed by atoms with Crippen molar-refractivity contribution < 1.29 is 19.3 Å². The Hall–Kier alpha value is -1.50. The van der Waals surface area contributed by atoms with Gasteiger partial charge in [-0.3, -0.25) is 4.90 Å². The van der Waals surface area contributed by atoms with Gasteiger partial charge in [-0.15, -0.1) is 0 Å². The van der Waals surface area contributed by atoms with Crippen molar-refractivity contribution in [2.24, 2.45) is 0 Å². The molecule has 2 aliphatic rings. The van der Waals surface area contributed by atoms with Gasteiger partial charge in [-0.25, -0.2) is 0 Å². The normalized spacial score (nSPS) is 19.0. The lowest BCUT2D eigenvalue weighted by Crippen LogP contribution is -2.45. The summed E-state index contributed by atoms with van der Waals surface area (Å²) in [4.78, 5) is 4.73. The molecule has 116 valence electrons. The zero-order valence-corrected chi connectivity index (χ0v) is 12.4. The summed E-state index contributed by atoms with van der Waals surface area (Å²) in [6.45, 7) is 6.02. The molecule has 1 N–H and O–H groups in total. The van der Waals surface area contributed by atoms with Crippen molar-refractivity contribution in [3.8, 4) is 17.2 Å². The van der Waals surface area contributed by atoms with E-state index >= 15 is 0 Å². The Bertz CT molecular complexity index is 487. The molecule has 2 aliphatic heterocycles. The van der Waals surface area contributed by atoms with E-state index in [1.165, 1.54) is 0 Å². The standard InChI is InChI=1S/C15H22N2O4/c1-16-2-4-17(5-3-16)6-7-19-13-9-15-14(20-11-21-15)8-12(13)10-18/h8-9,18H,2-7,10-11H2,1H3. The van der Waals surface area contributed by atoms with Crippen LogP contribution in [0.5, 0.6) is 17.2 Å². The van der Waals surface area contributed by atoms with Crippen LogP contribution in [0.2, 0.25) is 0 Å². The number of hydrogen-bond acceptors (Lipinski definition) is 6. The SMILES string of the molecule is CN1CCN(CCOc2cc3c(cc2CO)OCO3)CC1. The number of aliphatic hydroxyl groups is 1. The van der Waals surface area contributed by atoms with Gasteiger partial charge in [-0.1, -0.05) is 0 Å². The van der Waals surface area contributed by atoms with Crippen molar-refractivity contribution in [1.82, 2.24) is 9.80 Å². The zero-order valence-electron chi connectivity index (χ0n) is 12.4. The van der Waals surface area contributed by atoms with E-state index in [-0.39, 0.29) is 13.4 Å². The maximum atomic E-state index is 9.43. The minimum Gasteiger partial charge on any atom is -0.492 e. The molecule has 0 spiro atoms. The number of benzene rings is 1. The molecule has 0 bridgehead atoms. The molecule has 21 heavy (non-hydrogen) atoms. The van der Waals surface area contributed by atoms with Gasteiger partial charge in [-0.2, -0.15) is 0 Å². The highest BCUT2D eigenvalue weighted by Gasteiger charge is 2.18. The van der Waals surface area contributed by atoms with Gasteiger partial charge in [0.2, 0.25) is 6.79 Å². The van der Waals surface area contributed by atoms with E-state index in [0.29, 0.717) is 23.9 Å². The average molecular weight is 294 g/mol. The van der Waals surface area contributed by atoms with Gasteiger partial charge in [0.1, 0.15) is 12.4 Å². The van der Waals surface area contributed by atoms with E-state index in [0.717, 1.165) is 38.3 Å². The van der Waals surface area contributed by atoms with Crippen LogP contribution in [0.1, 0.15) is 5.56 Å². The minimum absolute atomic E-state index is 0.0690. The lowest BCUT2D eigenvalue weighted by molar-refractivity contribution is 0.133. The lowest BCUT2D eigenvalue weighted by atomic mass is 10.2. The number of piperazine rings is 1. The minimum atomic E-state index is -0.0690. The van der Waals surface area contributed by atoms with E-state index in [2.05, 4.69) is 16.8 Å². The Balaban J connectivity index is 1.55. The summed E-state index contributed by atoms with van der Waals surface area (Å²) in [5.41, 5.74) is 0.734. The highest BCUT2D eigenvalue weighted by Crippen LogP contribution is 2.38. The van der Waals surface area contributed by atoms with Crippen LogP contribution < -0.4 is 14.2 Å². The van der Waals surface area contributed by atoms with E-state index in [1.807, 2.05) is 0 Å². The van der Waals surface area contributed by atoms with Crippen molar-refractivity contribution in [3.05, 3.63) is 17.7 Å². The molecule has 1 aromatic rings. The van der Waals surface area contributed by atoms with Crippen LogP contribution in [0, 0.1) is 0 Å². The fraction of sp³-hybridized carbons (Fsp3) is 0.600. The topological polar surface area (TPSA) is 54.4 Å². The summed E-state index contributed by atoms with van der Waals surface area (Å²) in [6.07, 6.45) is 0. The van der Waals surface area contributed by atoms with Crippen molar-refractivity contribution in [2.45, 2.75) is 6.61 Å². The lowest BCUT2D eigenvalue weighted by Gasteiger charge is -2.32. The maximum Gasteiger partial charge on any atom is 0.231 e. The number of hydrogen-bond donors (Lipinski definition) is 1. The fourth-order valence-electron chi connectivity index (χ4n) is 2.58. The van der Waals surface area contributed by atoms with Gasteiger partial charge in [-0.05, 0) is 13.1 Å². The second-order valence-electron chi connectivity index (χ2n) is 5.46. The van der Waals surface area contributed by atoms with Gasteiger partial charge in [0.05, 0.1) is 6.61 Å². The predicted molar refractivity (Wildman–Crippen MR) is 77.9 cm³/mol. The molecule has 0 saturated carbocycles. The number of rotatable bonds is 5. The Morgan fingerprint density at radius 2 is 1.86 bits per heavy atom. The molecule has 2 heterocycles. The molecule has 0 radical (unpaired) electrons. The maximum absolute atomic E-state index is 9.43. The van der Waals surface area contributed by atoms with Gasteiger partial charge >= 0.3 is 0 Å². The van der Waals surface area contributed by atoms with Gasteiger partial charge < -0.3 is 24.2 Å². The first kappa shape index (κ1) is 14.4. The first-order valence-corrected chi connectivity index (χ1v) is 7.33. The Morgan fingerprint density at radius 3 is 2.57 bits per heavy atom. The number of nitrogens with zero attached hydrogens (tertiary/aromatic N) is 2. The van der Waals surface area contributed by atoms with Crippen molar-refractivity contribution in [2.75, 3.05) is 53.2 Å². The predicted octanol–water partition coefficient (Wildman–Crippen LogP) is 0.534. The van der Waals surface area contributed by atoms with E-state index in [4.69, 9.17) is 14.2 Å². The Morgan fingerprint density at radius 1 is 1.14 bits per heavy atom. The number of ether oxygens (including phenoxy) is 3. The summed E-state index contributed by atoms with van der Waals surface area (Å²) in [6, 6.07) is 3.59. The molecule has 0 unspecified atom stereocenters. The first-order valence-electron chi connectivity index (χ1n) is 7.33. The first-order chi connectivity index (χ1) is 10.3. The van der Waals surface area contributed by atoms with Crippen LogP contribution in [-0.2, 0) is 6.61 Å². The van der Waals surface area contributed by atoms with E-state index < -0.39 is 0 Å². The van der Waals surface area contributed by atoms with Crippen molar-refractivity contribution >= 4 is 0 Å². The molecule has 0 amide bonds. The molecule has 0 atom stereocenters. The molecule has 0 aliphatic carbocycles. The molecular formula is C15H22N2O4. The molecule has 3 rings (SSSR count). The molecule has 1 aromatic carbocycles. The summed E-state index contributed by atoms with van der Waals surface area (Å²) in [5.74, 6) is 2.03.